The van der Waals surface area contributed by atoms with Crippen LogP contribution in [0.1, 0.15) is 40.4 Å². The van der Waals surface area contributed by atoms with Crippen LogP contribution in [0.5, 0.6) is 0 Å². The van der Waals surface area contributed by atoms with Crippen molar-refractivity contribution in [2.45, 2.75) is 59.3 Å². The molecule has 0 bridgehead atoms. The van der Waals surface area contributed by atoms with Gasteiger partial charge in [0.1, 0.15) is 5.82 Å². The summed E-state index contributed by atoms with van der Waals surface area (Å²) in [6.07, 6.45) is 4.00. The van der Waals surface area contributed by atoms with Crippen LogP contribution in [0.2, 0.25) is 0 Å². The van der Waals surface area contributed by atoms with E-state index in [0.29, 0.717) is 12.0 Å². The average molecular weight is 264 g/mol. The summed E-state index contributed by atoms with van der Waals surface area (Å²) in [6, 6.07) is 0.584. The molecule has 2 atom stereocenters. The Morgan fingerprint density at radius 2 is 2.05 bits per heavy atom. The van der Waals surface area contributed by atoms with Crippen LogP contribution in [0, 0.1) is 5.92 Å². The van der Waals surface area contributed by atoms with E-state index in [2.05, 4.69) is 60.6 Å². The van der Waals surface area contributed by atoms with Crippen LogP contribution in [0.25, 0.3) is 0 Å². The Hall–Kier alpha value is -0.870. The van der Waals surface area contributed by atoms with Gasteiger partial charge in [-0.15, -0.1) is 0 Å². The van der Waals surface area contributed by atoms with Crippen LogP contribution in [-0.2, 0) is 13.1 Å². The second-order valence-corrected chi connectivity index (χ2v) is 6.86. The molecule has 1 aliphatic heterocycles. The minimum atomic E-state index is 0.201. The lowest BCUT2D eigenvalue weighted by Crippen LogP contribution is -2.47. The van der Waals surface area contributed by atoms with E-state index in [-0.39, 0.29) is 5.54 Å². The summed E-state index contributed by atoms with van der Waals surface area (Å²) in [5.41, 5.74) is 0.201. The van der Waals surface area contributed by atoms with Crippen molar-refractivity contribution in [2.24, 2.45) is 5.92 Å². The number of nitrogens with zero attached hydrogens (tertiary/aromatic N) is 3. The first-order chi connectivity index (χ1) is 8.87. The molecule has 2 heterocycles. The van der Waals surface area contributed by atoms with E-state index >= 15 is 0 Å². The van der Waals surface area contributed by atoms with Gasteiger partial charge in [0.2, 0.25) is 0 Å². The van der Waals surface area contributed by atoms with Crippen LogP contribution < -0.4 is 5.32 Å². The third-order valence-electron chi connectivity index (χ3n) is 4.13. The quantitative estimate of drug-likeness (QED) is 0.904. The van der Waals surface area contributed by atoms with E-state index in [1.165, 1.54) is 5.82 Å². The third kappa shape index (κ3) is 3.80. The monoisotopic (exact) mass is 264 g/mol. The Morgan fingerprint density at radius 1 is 1.32 bits per heavy atom. The van der Waals surface area contributed by atoms with Crippen molar-refractivity contribution >= 4 is 0 Å². The van der Waals surface area contributed by atoms with Gasteiger partial charge >= 0.3 is 0 Å². The largest absolute Gasteiger partial charge is 0.333 e. The molecule has 108 valence electrons. The lowest BCUT2D eigenvalue weighted by molar-refractivity contribution is 0.120. The molecule has 4 nitrogen and oxygen atoms in total. The first kappa shape index (κ1) is 14.5. The Kier molecular flexibility index (Phi) is 4.31. The summed E-state index contributed by atoms with van der Waals surface area (Å²) in [4.78, 5) is 6.99. The molecule has 4 heteroatoms. The summed E-state index contributed by atoms with van der Waals surface area (Å²) < 4.78 is 2.27. The lowest BCUT2D eigenvalue weighted by Gasteiger charge is -2.37. The number of aromatic nitrogens is 2. The van der Waals surface area contributed by atoms with Crippen molar-refractivity contribution in [1.82, 2.24) is 19.8 Å². The highest BCUT2D eigenvalue weighted by atomic mass is 15.3. The van der Waals surface area contributed by atoms with Gasteiger partial charge in [0, 0.05) is 37.1 Å². The minimum absolute atomic E-state index is 0.201. The molecule has 1 aromatic rings. The fourth-order valence-corrected chi connectivity index (χ4v) is 2.54. The molecule has 0 aliphatic carbocycles. The van der Waals surface area contributed by atoms with Crippen molar-refractivity contribution in [1.29, 1.82) is 0 Å². The maximum atomic E-state index is 4.44. The van der Waals surface area contributed by atoms with E-state index in [9.17, 15) is 0 Å². The van der Waals surface area contributed by atoms with Crippen LogP contribution in [0.4, 0.5) is 0 Å². The minimum Gasteiger partial charge on any atom is -0.333 e. The second kappa shape index (κ2) is 5.63. The van der Waals surface area contributed by atoms with E-state index in [4.69, 9.17) is 0 Å². The lowest BCUT2D eigenvalue weighted by atomic mass is 9.99. The van der Waals surface area contributed by atoms with Gasteiger partial charge in [-0.25, -0.2) is 4.98 Å². The van der Waals surface area contributed by atoms with Crippen molar-refractivity contribution in [2.75, 3.05) is 13.1 Å². The molecule has 2 rings (SSSR count). The van der Waals surface area contributed by atoms with E-state index in [0.717, 1.165) is 26.2 Å². The predicted octanol–water partition coefficient (Wildman–Crippen LogP) is 2.11. The van der Waals surface area contributed by atoms with Gasteiger partial charge in [-0.1, -0.05) is 6.92 Å². The number of nitrogens with one attached hydrogen (secondary N) is 1. The Bertz CT molecular complexity index is 405. The molecule has 1 aromatic heterocycles. The molecule has 0 spiro atoms. The first-order valence-electron chi connectivity index (χ1n) is 7.36. The topological polar surface area (TPSA) is 33.1 Å². The van der Waals surface area contributed by atoms with Gasteiger partial charge in [-0.3, -0.25) is 4.90 Å². The predicted molar refractivity (Wildman–Crippen MR) is 79.0 cm³/mol. The van der Waals surface area contributed by atoms with E-state index in [1.54, 1.807) is 0 Å². The Morgan fingerprint density at radius 3 is 2.74 bits per heavy atom. The highest BCUT2D eigenvalue weighted by Gasteiger charge is 2.25. The van der Waals surface area contributed by atoms with Gasteiger partial charge in [0.25, 0.3) is 0 Å². The molecule has 1 aliphatic rings. The van der Waals surface area contributed by atoms with Crippen LogP contribution >= 0.6 is 0 Å². The first-order valence-corrected chi connectivity index (χ1v) is 7.36. The molecule has 0 radical (unpaired) electrons. The van der Waals surface area contributed by atoms with Crippen molar-refractivity contribution in [3.63, 3.8) is 0 Å². The summed E-state index contributed by atoms with van der Waals surface area (Å²) in [6.45, 7) is 15.6. The molecule has 0 fully saturated rings. The van der Waals surface area contributed by atoms with Gasteiger partial charge in [-0.05, 0) is 40.2 Å². The van der Waals surface area contributed by atoms with Gasteiger partial charge in [-0.2, -0.15) is 0 Å². The fraction of sp³-hybridized carbons (Fsp3) is 0.800. The summed E-state index contributed by atoms with van der Waals surface area (Å²) in [5.74, 6) is 1.84. The molecule has 1 N–H and O–H groups in total. The van der Waals surface area contributed by atoms with Crippen molar-refractivity contribution < 1.29 is 0 Å². The molecular formula is C15H28N4. The van der Waals surface area contributed by atoms with Crippen molar-refractivity contribution in [3.05, 3.63) is 18.2 Å². The smallest absolute Gasteiger partial charge is 0.122 e. The fourth-order valence-electron chi connectivity index (χ4n) is 2.54. The van der Waals surface area contributed by atoms with E-state index < -0.39 is 0 Å². The molecule has 0 amide bonds. The average Bonchev–Trinajstić information content (AvgIpc) is 2.81. The van der Waals surface area contributed by atoms with Crippen molar-refractivity contribution in [3.8, 4) is 0 Å². The maximum absolute atomic E-state index is 4.44. The molecule has 0 saturated heterocycles. The SMILES string of the molecule is CC(CNC(C)(C)C)C(C)N1CCn2ccnc2C1. The van der Waals surface area contributed by atoms with E-state index in [1.807, 2.05) is 6.20 Å². The zero-order valence-corrected chi connectivity index (χ0v) is 13.0. The zero-order valence-electron chi connectivity index (χ0n) is 13.0. The van der Waals surface area contributed by atoms with Gasteiger partial charge in [0.15, 0.2) is 0 Å². The number of fused-ring (bicyclic) bond motifs is 1. The molecule has 19 heavy (non-hydrogen) atoms. The zero-order chi connectivity index (χ0) is 14.0. The standard InChI is InChI=1S/C15H28N4/c1-12(10-17-15(3,4)5)13(2)19-9-8-18-7-6-16-14(18)11-19/h6-7,12-13,17H,8-11H2,1-5H3. The number of hydrogen-bond donors (Lipinski definition) is 1. The van der Waals surface area contributed by atoms with Gasteiger partial charge in [0.05, 0.1) is 6.54 Å². The van der Waals surface area contributed by atoms with Gasteiger partial charge < -0.3 is 9.88 Å². The Labute approximate surface area is 117 Å². The second-order valence-electron chi connectivity index (χ2n) is 6.86. The Balaban J connectivity index is 1.88. The summed E-state index contributed by atoms with van der Waals surface area (Å²) in [5, 5.41) is 3.61. The summed E-state index contributed by atoms with van der Waals surface area (Å²) >= 11 is 0. The highest BCUT2D eigenvalue weighted by Crippen LogP contribution is 2.18. The molecule has 0 saturated carbocycles. The highest BCUT2D eigenvalue weighted by molar-refractivity contribution is 4.96. The number of rotatable bonds is 4. The number of hydrogen-bond acceptors (Lipinski definition) is 3. The normalized spacial score (nSPS) is 20.1. The van der Waals surface area contributed by atoms with Crippen LogP contribution in [0.3, 0.4) is 0 Å². The summed E-state index contributed by atoms with van der Waals surface area (Å²) in [7, 11) is 0. The molecular weight excluding hydrogens is 236 g/mol. The third-order valence-corrected chi connectivity index (χ3v) is 4.13. The van der Waals surface area contributed by atoms with Crippen LogP contribution in [-0.4, -0.2) is 39.1 Å². The maximum Gasteiger partial charge on any atom is 0.122 e. The van der Waals surface area contributed by atoms with Crippen LogP contribution in [0.15, 0.2) is 12.4 Å². The number of imidazole rings is 1. The molecule has 0 aromatic carbocycles. The molecule has 2 unspecified atom stereocenters.